The van der Waals surface area contributed by atoms with Gasteiger partial charge in [0.25, 0.3) is 0 Å². The van der Waals surface area contributed by atoms with E-state index in [2.05, 4.69) is 50.4 Å². The lowest BCUT2D eigenvalue weighted by Gasteiger charge is -2.17. The van der Waals surface area contributed by atoms with Gasteiger partial charge in [-0.25, -0.2) is 0 Å². The Balaban J connectivity index is 1.17. The number of aromatic nitrogens is 3. The third-order valence-electron chi connectivity index (χ3n) is 5.94. The molecule has 0 spiro atoms. The molecule has 1 N–H and O–H groups in total. The van der Waals surface area contributed by atoms with Crippen molar-refractivity contribution in [2.24, 2.45) is 0 Å². The molecule has 0 aliphatic carbocycles. The fourth-order valence-corrected chi connectivity index (χ4v) is 4.50. The summed E-state index contributed by atoms with van der Waals surface area (Å²) in [6.07, 6.45) is 3.76. The van der Waals surface area contributed by atoms with Crippen LogP contribution in [0.5, 0.6) is 5.75 Å². The quantitative estimate of drug-likeness (QED) is 0.435. The van der Waals surface area contributed by atoms with E-state index in [1.165, 1.54) is 10.9 Å². The van der Waals surface area contributed by atoms with Crippen LogP contribution < -0.4 is 4.74 Å². The van der Waals surface area contributed by atoms with Crippen LogP contribution in [-0.2, 0) is 13.0 Å². The predicted octanol–water partition coefficient (Wildman–Crippen LogP) is 5.22. The molecule has 5 nitrogen and oxygen atoms in total. The van der Waals surface area contributed by atoms with Crippen molar-refractivity contribution in [1.82, 2.24) is 20.1 Å². The van der Waals surface area contributed by atoms with Crippen LogP contribution >= 0.6 is 11.6 Å². The van der Waals surface area contributed by atoms with Crippen molar-refractivity contribution >= 4 is 22.5 Å². The van der Waals surface area contributed by atoms with Gasteiger partial charge in [-0.3, -0.25) is 15.0 Å². The van der Waals surface area contributed by atoms with Crippen LogP contribution in [0.4, 0.5) is 0 Å². The summed E-state index contributed by atoms with van der Waals surface area (Å²) in [5, 5.41) is 9.66. The lowest BCUT2D eigenvalue weighted by molar-refractivity contribution is 0.320. The van der Waals surface area contributed by atoms with Gasteiger partial charge in [0.1, 0.15) is 5.75 Å². The van der Waals surface area contributed by atoms with E-state index in [9.17, 15) is 0 Å². The molecule has 0 unspecified atom stereocenters. The van der Waals surface area contributed by atoms with E-state index in [4.69, 9.17) is 16.3 Å². The Bertz CT molecular complexity index is 1170. The highest BCUT2D eigenvalue weighted by atomic mass is 35.5. The molecule has 1 aliphatic rings. The van der Waals surface area contributed by atoms with Crippen molar-refractivity contribution < 1.29 is 4.74 Å². The van der Waals surface area contributed by atoms with E-state index < -0.39 is 0 Å². The molecule has 1 fully saturated rings. The van der Waals surface area contributed by atoms with Crippen LogP contribution in [0.25, 0.3) is 10.9 Å². The minimum atomic E-state index is 0.461. The third kappa shape index (κ3) is 4.58. The van der Waals surface area contributed by atoms with Gasteiger partial charge in [0, 0.05) is 42.7 Å². The molecule has 5 rings (SSSR count). The SMILES string of the molecule is Clc1ccccc1OCCc1cc([C@@H]2CCN(Cc3cccc4ncccc34)C2)n[nH]1. The average Bonchev–Trinajstić information content (AvgIpc) is 3.45. The smallest absolute Gasteiger partial charge is 0.137 e. The normalized spacial score (nSPS) is 16.7. The van der Waals surface area contributed by atoms with Crippen molar-refractivity contribution in [3.63, 3.8) is 0 Å². The third-order valence-corrected chi connectivity index (χ3v) is 6.25. The van der Waals surface area contributed by atoms with Crippen molar-refractivity contribution in [2.45, 2.75) is 25.3 Å². The first-order valence-electron chi connectivity index (χ1n) is 10.7. The zero-order valence-electron chi connectivity index (χ0n) is 17.3. The molecule has 1 atom stereocenters. The maximum Gasteiger partial charge on any atom is 0.137 e. The van der Waals surface area contributed by atoms with Gasteiger partial charge >= 0.3 is 0 Å². The lowest BCUT2D eigenvalue weighted by Crippen LogP contribution is -2.20. The average molecular weight is 433 g/mol. The first kappa shape index (κ1) is 20.0. The largest absolute Gasteiger partial charge is 0.492 e. The van der Waals surface area contributed by atoms with Gasteiger partial charge < -0.3 is 4.74 Å². The molecule has 0 saturated carbocycles. The van der Waals surface area contributed by atoms with Crippen LogP contribution in [0, 0.1) is 0 Å². The number of para-hydroxylation sites is 1. The molecule has 6 heteroatoms. The number of ether oxygens (including phenoxy) is 1. The molecule has 2 aromatic carbocycles. The van der Waals surface area contributed by atoms with E-state index in [1.807, 2.05) is 36.5 Å². The maximum atomic E-state index is 6.15. The zero-order chi connectivity index (χ0) is 21.0. The molecular weight excluding hydrogens is 408 g/mol. The molecule has 0 bridgehead atoms. The number of nitrogens with zero attached hydrogens (tertiary/aromatic N) is 3. The molecule has 0 radical (unpaired) electrons. The number of benzene rings is 2. The standard InChI is InChI=1S/C25H25ClN4O/c26-22-7-1-2-9-25(22)31-14-11-20-15-24(29-28-20)19-10-13-30(17-19)16-18-5-3-8-23-21(18)6-4-12-27-23/h1-9,12,15,19H,10-11,13-14,16-17H2,(H,28,29)/t19-/m1/s1. The predicted molar refractivity (Wildman–Crippen MR) is 124 cm³/mol. The van der Waals surface area contributed by atoms with Gasteiger partial charge in [0.05, 0.1) is 22.8 Å². The number of hydrogen-bond donors (Lipinski definition) is 1. The number of rotatable bonds is 7. The summed E-state index contributed by atoms with van der Waals surface area (Å²) >= 11 is 6.15. The van der Waals surface area contributed by atoms with Gasteiger partial charge in [-0.2, -0.15) is 5.10 Å². The molecule has 4 aromatic rings. The Morgan fingerprint density at radius 3 is 2.97 bits per heavy atom. The van der Waals surface area contributed by atoms with Crippen LogP contribution in [0.1, 0.15) is 29.3 Å². The van der Waals surface area contributed by atoms with E-state index in [1.54, 1.807) is 0 Å². The van der Waals surface area contributed by atoms with Crippen molar-refractivity contribution in [1.29, 1.82) is 0 Å². The molecular formula is C25H25ClN4O. The molecule has 31 heavy (non-hydrogen) atoms. The summed E-state index contributed by atoms with van der Waals surface area (Å²) in [5.41, 5.74) is 4.65. The summed E-state index contributed by atoms with van der Waals surface area (Å²) in [7, 11) is 0. The Morgan fingerprint density at radius 1 is 1.10 bits per heavy atom. The highest BCUT2D eigenvalue weighted by molar-refractivity contribution is 6.32. The summed E-state index contributed by atoms with van der Waals surface area (Å²) in [6, 6.07) is 20.3. The second kappa shape index (κ2) is 9.08. The van der Waals surface area contributed by atoms with E-state index >= 15 is 0 Å². The Kier molecular flexibility index (Phi) is 5.87. The van der Waals surface area contributed by atoms with Gasteiger partial charge in [-0.05, 0) is 48.9 Å². The highest BCUT2D eigenvalue weighted by Gasteiger charge is 2.26. The Morgan fingerprint density at radius 2 is 2.03 bits per heavy atom. The number of nitrogens with one attached hydrogen (secondary N) is 1. The van der Waals surface area contributed by atoms with Crippen molar-refractivity contribution in [3.05, 3.63) is 88.8 Å². The van der Waals surface area contributed by atoms with Crippen LogP contribution in [0.3, 0.4) is 0 Å². The Labute approximate surface area is 187 Å². The summed E-state index contributed by atoms with van der Waals surface area (Å²) in [4.78, 5) is 7.00. The number of hydrogen-bond acceptors (Lipinski definition) is 4. The Hall–Kier alpha value is -2.89. The molecule has 2 aromatic heterocycles. The molecule has 158 valence electrons. The van der Waals surface area contributed by atoms with E-state index in [0.717, 1.165) is 55.1 Å². The van der Waals surface area contributed by atoms with Crippen LogP contribution in [0.15, 0.2) is 66.9 Å². The second-order valence-corrected chi connectivity index (χ2v) is 8.46. The summed E-state index contributed by atoms with van der Waals surface area (Å²) < 4.78 is 5.80. The number of halogens is 1. The van der Waals surface area contributed by atoms with Crippen molar-refractivity contribution in [3.8, 4) is 5.75 Å². The number of aromatic amines is 1. The second-order valence-electron chi connectivity index (χ2n) is 8.05. The fourth-order valence-electron chi connectivity index (χ4n) is 4.31. The van der Waals surface area contributed by atoms with Gasteiger partial charge in [0.2, 0.25) is 0 Å². The van der Waals surface area contributed by atoms with Crippen LogP contribution in [-0.4, -0.2) is 39.8 Å². The highest BCUT2D eigenvalue weighted by Crippen LogP contribution is 2.29. The number of fused-ring (bicyclic) bond motifs is 1. The zero-order valence-corrected chi connectivity index (χ0v) is 18.1. The topological polar surface area (TPSA) is 54.0 Å². The minimum absolute atomic E-state index is 0.461. The van der Waals surface area contributed by atoms with E-state index in [0.29, 0.717) is 17.5 Å². The molecule has 3 heterocycles. The first-order valence-corrected chi connectivity index (χ1v) is 11.1. The first-order chi connectivity index (χ1) is 15.3. The minimum Gasteiger partial charge on any atom is -0.492 e. The molecule has 1 aliphatic heterocycles. The number of likely N-dealkylation sites (tertiary alicyclic amines) is 1. The van der Waals surface area contributed by atoms with E-state index in [-0.39, 0.29) is 0 Å². The van der Waals surface area contributed by atoms with Gasteiger partial charge in [0.15, 0.2) is 0 Å². The maximum absolute atomic E-state index is 6.15. The van der Waals surface area contributed by atoms with Gasteiger partial charge in [-0.15, -0.1) is 0 Å². The summed E-state index contributed by atoms with van der Waals surface area (Å²) in [5.74, 6) is 1.18. The number of pyridine rings is 1. The van der Waals surface area contributed by atoms with Crippen LogP contribution in [0.2, 0.25) is 5.02 Å². The van der Waals surface area contributed by atoms with Crippen molar-refractivity contribution in [2.75, 3.05) is 19.7 Å². The lowest BCUT2D eigenvalue weighted by atomic mass is 10.0. The molecule has 1 saturated heterocycles. The van der Waals surface area contributed by atoms with Gasteiger partial charge in [-0.1, -0.05) is 41.9 Å². The number of H-pyrrole nitrogens is 1. The molecule has 0 amide bonds. The monoisotopic (exact) mass is 432 g/mol. The fraction of sp³-hybridized carbons (Fsp3) is 0.280. The summed E-state index contributed by atoms with van der Waals surface area (Å²) in [6.45, 7) is 3.62.